The van der Waals surface area contributed by atoms with E-state index in [9.17, 15) is 18.0 Å². The minimum Gasteiger partial charge on any atom is -0.465 e. The first-order valence-corrected chi connectivity index (χ1v) is 12.9. The Balaban J connectivity index is 1.21. The van der Waals surface area contributed by atoms with Crippen molar-refractivity contribution in [3.05, 3.63) is 65.0 Å². The van der Waals surface area contributed by atoms with Gasteiger partial charge in [0.25, 0.3) is 0 Å². The van der Waals surface area contributed by atoms with Crippen LogP contribution in [0.1, 0.15) is 71.7 Å². The molecule has 1 aromatic carbocycles. The van der Waals surface area contributed by atoms with Gasteiger partial charge < -0.3 is 18.9 Å². The number of anilines is 1. The van der Waals surface area contributed by atoms with Gasteiger partial charge in [0.05, 0.1) is 30.9 Å². The van der Waals surface area contributed by atoms with Gasteiger partial charge in [-0.3, -0.25) is 0 Å². The molecule has 38 heavy (non-hydrogen) atoms. The molecule has 6 rings (SSSR count). The van der Waals surface area contributed by atoms with Crippen molar-refractivity contribution in [3.63, 3.8) is 0 Å². The van der Waals surface area contributed by atoms with Gasteiger partial charge in [0.15, 0.2) is 0 Å². The highest BCUT2D eigenvalue weighted by molar-refractivity contribution is 5.90. The molecule has 1 aliphatic carbocycles. The quantitative estimate of drug-likeness (QED) is 0.342. The molecular weight excluding hydrogens is 499 g/mol. The van der Waals surface area contributed by atoms with Crippen LogP contribution < -0.4 is 4.90 Å². The molecular formula is C28H28F3N3O4. The number of hydrogen-bond donors (Lipinski definition) is 0. The summed E-state index contributed by atoms with van der Waals surface area (Å²) < 4.78 is 58.1. The van der Waals surface area contributed by atoms with Gasteiger partial charge in [-0.1, -0.05) is 23.4 Å². The third kappa shape index (κ3) is 4.66. The van der Waals surface area contributed by atoms with Crippen molar-refractivity contribution in [2.45, 2.75) is 75.4 Å². The monoisotopic (exact) mass is 527 g/mol. The first-order chi connectivity index (χ1) is 18.3. The Morgan fingerprint density at radius 3 is 2.53 bits per heavy atom. The zero-order chi connectivity index (χ0) is 26.4. The summed E-state index contributed by atoms with van der Waals surface area (Å²) in [6.45, 7) is 0.150. The number of ether oxygens (including phenoxy) is 2. The third-order valence-electron chi connectivity index (χ3n) is 7.84. The lowest BCUT2D eigenvalue weighted by Gasteiger charge is -2.39. The van der Waals surface area contributed by atoms with Crippen LogP contribution in [-0.2, 0) is 22.3 Å². The van der Waals surface area contributed by atoms with Gasteiger partial charge >= 0.3 is 12.1 Å². The van der Waals surface area contributed by atoms with Crippen LogP contribution in [0.15, 0.2) is 47.1 Å². The molecule has 0 N–H and O–H groups in total. The third-order valence-corrected chi connectivity index (χ3v) is 7.84. The summed E-state index contributed by atoms with van der Waals surface area (Å²) in [5, 5.41) is 4.10. The topological polar surface area (TPSA) is 77.7 Å². The highest BCUT2D eigenvalue weighted by atomic mass is 19.4. The maximum absolute atomic E-state index is 13.8. The predicted octanol–water partition coefficient (Wildman–Crippen LogP) is 6.14. The number of methoxy groups -OCH3 is 1. The molecule has 2 saturated heterocycles. The molecule has 2 aromatic heterocycles. The summed E-state index contributed by atoms with van der Waals surface area (Å²) >= 11 is 0. The Kier molecular flexibility index (Phi) is 6.37. The summed E-state index contributed by atoms with van der Waals surface area (Å²) in [6.07, 6.45) is 2.43. The van der Waals surface area contributed by atoms with Gasteiger partial charge in [0.2, 0.25) is 0 Å². The summed E-state index contributed by atoms with van der Waals surface area (Å²) in [7, 11) is 1.35. The molecule has 4 heterocycles. The predicted molar refractivity (Wildman–Crippen MR) is 132 cm³/mol. The zero-order valence-corrected chi connectivity index (χ0v) is 20.9. The number of carbonyl (C=O) groups is 1. The van der Waals surface area contributed by atoms with Gasteiger partial charge in [-0.25, -0.2) is 9.78 Å². The first-order valence-electron chi connectivity index (χ1n) is 12.9. The van der Waals surface area contributed by atoms with Gasteiger partial charge in [-0.2, -0.15) is 13.2 Å². The minimum atomic E-state index is -4.50. The molecule has 3 aromatic rings. The summed E-state index contributed by atoms with van der Waals surface area (Å²) in [5.41, 5.74) is 0.572. The molecule has 0 spiro atoms. The number of esters is 1. The molecule has 2 bridgehead atoms. The van der Waals surface area contributed by atoms with E-state index in [1.54, 1.807) is 24.4 Å². The highest BCUT2D eigenvalue weighted by Crippen LogP contribution is 2.46. The van der Waals surface area contributed by atoms with Gasteiger partial charge in [-0.05, 0) is 56.7 Å². The number of halogens is 3. The molecule has 1 saturated carbocycles. The van der Waals surface area contributed by atoms with Crippen LogP contribution in [0.25, 0.3) is 11.3 Å². The van der Waals surface area contributed by atoms with E-state index < -0.39 is 17.7 Å². The van der Waals surface area contributed by atoms with Gasteiger partial charge in [0.1, 0.15) is 17.3 Å². The lowest BCUT2D eigenvalue weighted by molar-refractivity contribution is -0.137. The van der Waals surface area contributed by atoms with Crippen molar-refractivity contribution in [1.82, 2.24) is 10.1 Å². The van der Waals surface area contributed by atoms with Crippen molar-refractivity contribution in [2.75, 3.05) is 12.0 Å². The van der Waals surface area contributed by atoms with Crippen LogP contribution >= 0.6 is 0 Å². The van der Waals surface area contributed by atoms with Crippen LogP contribution in [-0.4, -0.2) is 41.4 Å². The first kappa shape index (κ1) is 24.9. The van der Waals surface area contributed by atoms with Gasteiger partial charge in [0, 0.05) is 35.3 Å². The van der Waals surface area contributed by atoms with Crippen LogP contribution in [0.5, 0.6) is 0 Å². The largest absolute Gasteiger partial charge is 0.465 e. The second-order valence-corrected chi connectivity index (χ2v) is 10.3. The molecule has 200 valence electrons. The lowest BCUT2D eigenvalue weighted by Crippen LogP contribution is -2.46. The second kappa shape index (κ2) is 9.72. The number of aromatic nitrogens is 2. The SMILES string of the molecule is COC(=O)c1ccnc(N2[C@@H]3CC[C@H]2C[C@H](OCc2c(-c4ccccc4C(F)(F)F)noc2C2CC2)C3)c1. The number of alkyl halides is 3. The molecule has 2 aliphatic heterocycles. The van der Waals surface area contributed by atoms with Gasteiger partial charge in [-0.15, -0.1) is 0 Å². The summed E-state index contributed by atoms with van der Waals surface area (Å²) in [5.74, 6) is 1.17. The maximum Gasteiger partial charge on any atom is 0.417 e. The normalized spacial score (nSPS) is 23.1. The molecule has 7 nitrogen and oxygen atoms in total. The van der Waals surface area contributed by atoms with E-state index in [1.165, 1.54) is 19.2 Å². The Hall–Kier alpha value is -3.40. The molecule has 3 atom stereocenters. The molecule has 3 fully saturated rings. The summed E-state index contributed by atoms with van der Waals surface area (Å²) in [4.78, 5) is 18.8. The number of rotatable bonds is 7. The van der Waals surface area contributed by atoms with E-state index in [0.29, 0.717) is 16.9 Å². The molecule has 0 unspecified atom stereocenters. The van der Waals surface area contributed by atoms with E-state index >= 15 is 0 Å². The Morgan fingerprint density at radius 1 is 1.11 bits per heavy atom. The number of hydrogen-bond acceptors (Lipinski definition) is 7. The van der Waals surface area contributed by atoms with E-state index in [1.807, 2.05) is 0 Å². The molecule has 0 radical (unpaired) electrons. The average molecular weight is 528 g/mol. The minimum absolute atomic E-state index is 0.0145. The van der Waals surface area contributed by atoms with E-state index in [0.717, 1.165) is 50.4 Å². The molecule has 0 amide bonds. The van der Waals surface area contributed by atoms with E-state index in [4.69, 9.17) is 14.0 Å². The standard InChI is InChI=1S/C28H28F3N3O4/c1-36-27(35)17-10-11-32-24(12-17)34-18-8-9-19(34)14-20(13-18)37-15-22-25(33-38-26(22)16-6-7-16)21-4-2-3-5-23(21)28(29,30)31/h2-5,10-12,16,18-20H,6-9,13-15H2,1H3/t18-,19+,20-. The average Bonchev–Trinajstić information content (AvgIpc) is 3.62. The zero-order valence-electron chi connectivity index (χ0n) is 20.9. The Labute approximate surface area is 217 Å². The van der Waals surface area contributed by atoms with Crippen LogP contribution in [0.3, 0.4) is 0 Å². The van der Waals surface area contributed by atoms with Crippen molar-refractivity contribution < 1.29 is 32.0 Å². The summed E-state index contributed by atoms with van der Waals surface area (Å²) in [6, 6.07) is 9.28. The number of nitrogens with zero attached hydrogens (tertiary/aromatic N) is 3. The number of pyridine rings is 1. The fourth-order valence-corrected chi connectivity index (χ4v) is 5.92. The number of benzene rings is 1. The Morgan fingerprint density at radius 2 is 1.84 bits per heavy atom. The fourth-order valence-electron chi connectivity index (χ4n) is 5.92. The smallest absolute Gasteiger partial charge is 0.417 e. The number of piperidine rings is 1. The van der Waals surface area contributed by atoms with Crippen molar-refractivity contribution in [2.24, 2.45) is 0 Å². The van der Waals surface area contributed by atoms with Crippen LogP contribution in [0, 0.1) is 0 Å². The lowest BCUT2D eigenvalue weighted by atomic mass is 9.98. The van der Waals surface area contributed by atoms with E-state index in [-0.39, 0.29) is 42.0 Å². The molecule has 3 aliphatic rings. The van der Waals surface area contributed by atoms with E-state index in [2.05, 4.69) is 15.0 Å². The highest BCUT2D eigenvalue weighted by Gasteiger charge is 2.43. The number of carbonyl (C=O) groups excluding carboxylic acids is 1. The molecule has 10 heteroatoms. The number of fused-ring (bicyclic) bond motifs is 2. The second-order valence-electron chi connectivity index (χ2n) is 10.3. The van der Waals surface area contributed by atoms with Crippen LogP contribution in [0.2, 0.25) is 0 Å². The van der Waals surface area contributed by atoms with Crippen molar-refractivity contribution in [3.8, 4) is 11.3 Å². The fraction of sp³-hybridized carbons (Fsp3) is 0.464. The van der Waals surface area contributed by atoms with Crippen molar-refractivity contribution >= 4 is 11.8 Å². The Bertz CT molecular complexity index is 1320. The van der Waals surface area contributed by atoms with Crippen molar-refractivity contribution in [1.29, 1.82) is 0 Å². The maximum atomic E-state index is 13.8. The van der Waals surface area contributed by atoms with Crippen LogP contribution in [0.4, 0.5) is 19.0 Å².